The van der Waals surface area contributed by atoms with Crippen LogP contribution in [0.15, 0.2) is 105 Å². The lowest BCUT2D eigenvalue weighted by Gasteiger charge is -2.25. The molecule has 0 aromatic heterocycles. The van der Waals surface area contributed by atoms with Crippen molar-refractivity contribution in [2.75, 3.05) is 18.0 Å². The van der Waals surface area contributed by atoms with Gasteiger partial charge in [0.15, 0.2) is 11.5 Å². The van der Waals surface area contributed by atoms with Gasteiger partial charge in [-0.25, -0.2) is 13.8 Å². The average Bonchev–Trinajstić information content (AvgIpc) is 2.96. The number of anilines is 1. The molecule has 10 heteroatoms. The third-order valence-electron chi connectivity index (χ3n) is 6.16. The molecule has 0 unspecified atom stereocenters. The van der Waals surface area contributed by atoms with Crippen molar-refractivity contribution >= 4 is 43.8 Å². The van der Waals surface area contributed by atoms with Crippen molar-refractivity contribution in [2.24, 2.45) is 5.10 Å². The minimum absolute atomic E-state index is 0.0918. The molecule has 0 atom stereocenters. The Balaban J connectivity index is 1.50. The summed E-state index contributed by atoms with van der Waals surface area (Å²) in [7, 11) is -2.49. The fraction of sp³-hybridized carbons (Fsp3) is 0.161. The Bertz CT molecular complexity index is 1640. The first-order chi connectivity index (χ1) is 19.7. The van der Waals surface area contributed by atoms with Crippen LogP contribution in [0.4, 0.5) is 5.69 Å². The maximum absolute atomic E-state index is 13.6. The molecule has 4 rings (SSSR count). The largest absolute Gasteiger partial charge is 0.493 e. The van der Waals surface area contributed by atoms with E-state index in [1.165, 1.54) is 25.5 Å². The number of halogens is 1. The van der Waals surface area contributed by atoms with Crippen LogP contribution in [0.5, 0.6) is 11.5 Å². The van der Waals surface area contributed by atoms with Crippen LogP contribution in [0, 0.1) is 13.8 Å². The number of rotatable bonds is 11. The molecule has 4 aromatic rings. The quantitative estimate of drug-likeness (QED) is 0.161. The van der Waals surface area contributed by atoms with Crippen molar-refractivity contribution in [1.82, 2.24) is 5.43 Å². The van der Waals surface area contributed by atoms with Crippen molar-refractivity contribution in [1.29, 1.82) is 0 Å². The minimum Gasteiger partial charge on any atom is -0.493 e. The second-order valence-corrected chi connectivity index (χ2v) is 11.9. The van der Waals surface area contributed by atoms with Gasteiger partial charge in [0.2, 0.25) is 0 Å². The first-order valence-corrected chi connectivity index (χ1v) is 14.9. The molecule has 0 aliphatic rings. The van der Waals surface area contributed by atoms with Gasteiger partial charge in [-0.3, -0.25) is 9.10 Å². The van der Waals surface area contributed by atoms with Crippen LogP contribution in [0.2, 0.25) is 0 Å². The minimum atomic E-state index is -4.03. The molecule has 8 nitrogen and oxygen atoms in total. The number of carbonyl (C=O) groups is 1. The number of carbonyl (C=O) groups excluding carboxylic acids is 1. The van der Waals surface area contributed by atoms with Crippen LogP contribution in [0.1, 0.15) is 22.3 Å². The van der Waals surface area contributed by atoms with E-state index in [9.17, 15) is 13.2 Å². The summed E-state index contributed by atoms with van der Waals surface area (Å²) in [6.07, 6.45) is 1.44. The van der Waals surface area contributed by atoms with Crippen LogP contribution < -0.4 is 19.2 Å². The van der Waals surface area contributed by atoms with E-state index in [-0.39, 0.29) is 4.90 Å². The van der Waals surface area contributed by atoms with E-state index in [0.29, 0.717) is 39.4 Å². The van der Waals surface area contributed by atoms with Gasteiger partial charge in [0.1, 0.15) is 13.2 Å². The summed E-state index contributed by atoms with van der Waals surface area (Å²) in [5.74, 6) is 0.416. The number of hydrazone groups is 1. The van der Waals surface area contributed by atoms with E-state index in [1.807, 2.05) is 43.3 Å². The van der Waals surface area contributed by atoms with Crippen LogP contribution in [0.3, 0.4) is 0 Å². The van der Waals surface area contributed by atoms with Crippen molar-refractivity contribution < 1.29 is 22.7 Å². The van der Waals surface area contributed by atoms with E-state index in [1.54, 1.807) is 49.4 Å². The Kier molecular flexibility index (Phi) is 9.80. The third kappa shape index (κ3) is 7.53. The summed E-state index contributed by atoms with van der Waals surface area (Å²) in [6.45, 7) is 3.57. The highest BCUT2D eigenvalue weighted by atomic mass is 79.9. The third-order valence-corrected chi connectivity index (χ3v) is 8.52. The molecule has 1 amide bonds. The Morgan fingerprint density at radius 1 is 0.976 bits per heavy atom. The number of nitrogens with one attached hydrogen (secondary N) is 1. The second kappa shape index (κ2) is 13.5. The van der Waals surface area contributed by atoms with Gasteiger partial charge < -0.3 is 9.47 Å². The number of para-hydroxylation sites is 1. The van der Waals surface area contributed by atoms with Crippen LogP contribution >= 0.6 is 15.9 Å². The van der Waals surface area contributed by atoms with Crippen molar-refractivity contribution in [3.8, 4) is 11.5 Å². The molecule has 212 valence electrons. The number of benzene rings is 4. The monoisotopic (exact) mass is 635 g/mol. The maximum atomic E-state index is 13.6. The molecule has 0 aliphatic heterocycles. The molecule has 0 saturated carbocycles. The zero-order valence-electron chi connectivity index (χ0n) is 22.9. The summed E-state index contributed by atoms with van der Waals surface area (Å²) < 4.78 is 40.4. The lowest BCUT2D eigenvalue weighted by molar-refractivity contribution is -0.119. The lowest BCUT2D eigenvalue weighted by Crippen LogP contribution is -2.40. The number of methoxy groups -OCH3 is 1. The zero-order valence-corrected chi connectivity index (χ0v) is 25.3. The van der Waals surface area contributed by atoms with E-state index >= 15 is 0 Å². The molecular formula is C31H30BrN3O5S. The van der Waals surface area contributed by atoms with Crippen molar-refractivity contribution in [3.05, 3.63) is 118 Å². The van der Waals surface area contributed by atoms with Gasteiger partial charge in [-0.15, -0.1) is 0 Å². The summed E-state index contributed by atoms with van der Waals surface area (Å²) >= 11 is 3.52. The Morgan fingerprint density at radius 3 is 2.34 bits per heavy atom. The highest BCUT2D eigenvalue weighted by molar-refractivity contribution is 9.10. The van der Waals surface area contributed by atoms with Crippen LogP contribution in [-0.2, 0) is 21.4 Å². The predicted octanol–water partition coefficient (Wildman–Crippen LogP) is 6.00. The molecule has 4 aromatic carbocycles. The van der Waals surface area contributed by atoms with Gasteiger partial charge in [-0.1, -0.05) is 66.2 Å². The van der Waals surface area contributed by atoms with E-state index in [4.69, 9.17) is 9.47 Å². The van der Waals surface area contributed by atoms with E-state index in [0.717, 1.165) is 15.4 Å². The fourth-order valence-corrected chi connectivity index (χ4v) is 6.07. The molecule has 0 fully saturated rings. The molecule has 0 aliphatic carbocycles. The molecular weight excluding hydrogens is 606 g/mol. The van der Waals surface area contributed by atoms with Crippen molar-refractivity contribution in [2.45, 2.75) is 25.3 Å². The maximum Gasteiger partial charge on any atom is 0.264 e. The number of hydrogen-bond donors (Lipinski definition) is 1. The molecule has 0 bridgehead atoms. The normalized spacial score (nSPS) is 11.3. The molecule has 0 spiro atoms. The van der Waals surface area contributed by atoms with Crippen LogP contribution in [-0.4, -0.2) is 34.2 Å². The number of hydrogen-bond acceptors (Lipinski definition) is 6. The Labute approximate surface area is 248 Å². The van der Waals surface area contributed by atoms with Gasteiger partial charge in [0.25, 0.3) is 15.9 Å². The number of aryl methyl sites for hydroxylation is 2. The SMILES string of the molecule is COc1cc(/C=N\NC(=O)CN(c2ccccc2C)S(=O)(=O)c2ccc(C)cc2)cc(Br)c1OCc1ccccc1. The van der Waals surface area contributed by atoms with Gasteiger partial charge in [-0.05, 0) is 76.8 Å². The number of ether oxygens (including phenoxy) is 2. The molecule has 41 heavy (non-hydrogen) atoms. The number of amides is 1. The Morgan fingerprint density at radius 2 is 1.66 bits per heavy atom. The first-order valence-electron chi connectivity index (χ1n) is 12.7. The molecule has 0 heterocycles. The lowest BCUT2D eigenvalue weighted by atomic mass is 10.2. The highest BCUT2D eigenvalue weighted by Gasteiger charge is 2.28. The molecule has 1 N–H and O–H groups in total. The van der Waals surface area contributed by atoms with E-state index < -0.39 is 22.5 Å². The Hall–Kier alpha value is -4.15. The summed E-state index contributed by atoms with van der Waals surface area (Å²) in [6, 6.07) is 26.8. The van der Waals surface area contributed by atoms with Gasteiger partial charge in [0, 0.05) is 0 Å². The first kappa shape index (κ1) is 29.8. The fourth-order valence-electron chi connectivity index (χ4n) is 4.01. The standard InChI is InChI=1S/C31H30BrN3O5S/c1-22-13-15-26(16-14-22)41(37,38)35(28-12-8-7-9-23(28)2)20-30(36)34-33-19-25-17-27(32)31(29(18-25)39-3)40-21-24-10-5-4-6-11-24/h4-19H,20-21H2,1-3H3,(H,34,36)/b33-19-. The smallest absolute Gasteiger partial charge is 0.264 e. The number of sulfonamides is 1. The zero-order chi connectivity index (χ0) is 29.4. The van der Waals surface area contributed by atoms with Crippen LogP contribution in [0.25, 0.3) is 0 Å². The molecule has 0 radical (unpaired) electrons. The molecule has 0 saturated heterocycles. The van der Waals surface area contributed by atoms with Gasteiger partial charge >= 0.3 is 0 Å². The average molecular weight is 637 g/mol. The van der Waals surface area contributed by atoms with E-state index in [2.05, 4.69) is 26.5 Å². The summed E-state index contributed by atoms with van der Waals surface area (Å²) in [4.78, 5) is 13.0. The van der Waals surface area contributed by atoms with Gasteiger partial charge in [0.05, 0.1) is 28.4 Å². The van der Waals surface area contributed by atoms with Crippen molar-refractivity contribution in [3.63, 3.8) is 0 Å². The second-order valence-electron chi connectivity index (χ2n) is 9.21. The predicted molar refractivity (Wildman–Crippen MR) is 164 cm³/mol. The highest BCUT2D eigenvalue weighted by Crippen LogP contribution is 2.37. The topological polar surface area (TPSA) is 97.3 Å². The summed E-state index contributed by atoms with van der Waals surface area (Å²) in [5.41, 5.74) is 6.13. The number of nitrogens with zero attached hydrogens (tertiary/aromatic N) is 2. The van der Waals surface area contributed by atoms with Gasteiger partial charge in [-0.2, -0.15) is 5.10 Å². The summed E-state index contributed by atoms with van der Waals surface area (Å²) in [5, 5.41) is 4.05.